The maximum Gasteiger partial charge on any atom is 0.311 e. The number of aldehydes is 1. The van der Waals surface area contributed by atoms with Crippen LogP contribution in [0.15, 0.2) is 158 Å². The van der Waals surface area contributed by atoms with Gasteiger partial charge in [-0.2, -0.15) is 15.3 Å². The van der Waals surface area contributed by atoms with Crippen LogP contribution in [-0.4, -0.2) is 76.6 Å². The van der Waals surface area contributed by atoms with E-state index in [-0.39, 0.29) is 41.2 Å². The lowest BCUT2D eigenvalue weighted by Gasteiger charge is -2.33. The van der Waals surface area contributed by atoms with Gasteiger partial charge < -0.3 is 19.2 Å². The number of nitrogens with one attached hydrogen (secondary N) is 1. The number of aromatic nitrogens is 6. The van der Waals surface area contributed by atoms with Crippen molar-refractivity contribution in [2.45, 2.75) is 107 Å². The van der Waals surface area contributed by atoms with Gasteiger partial charge in [0.2, 0.25) is 14.2 Å². The third-order valence-corrected chi connectivity index (χ3v) is 14.9. The van der Waals surface area contributed by atoms with Crippen molar-refractivity contribution in [2.75, 3.05) is 20.8 Å². The van der Waals surface area contributed by atoms with Gasteiger partial charge in [-0.25, -0.2) is 27.2 Å². The molecular formula is C65H76F3N7O6Si. The number of fused-ring (bicyclic) bond motifs is 3. The first-order valence-corrected chi connectivity index (χ1v) is 30.7. The van der Waals surface area contributed by atoms with Crippen molar-refractivity contribution in [3.8, 4) is 17.1 Å². The zero-order chi connectivity index (χ0) is 60.1. The van der Waals surface area contributed by atoms with Crippen molar-refractivity contribution in [1.29, 1.82) is 0 Å². The van der Waals surface area contributed by atoms with Gasteiger partial charge >= 0.3 is 5.97 Å². The van der Waals surface area contributed by atoms with Crippen molar-refractivity contribution in [2.24, 2.45) is 10.8 Å². The molecule has 0 aliphatic carbocycles. The van der Waals surface area contributed by atoms with Gasteiger partial charge in [0, 0.05) is 33.8 Å². The molecule has 6 aromatic carbocycles. The number of benzene rings is 6. The second kappa shape index (κ2) is 27.4. The molecule has 3 aromatic heterocycles. The van der Waals surface area contributed by atoms with Crippen LogP contribution in [0.25, 0.3) is 49.8 Å². The first kappa shape index (κ1) is 62.9. The summed E-state index contributed by atoms with van der Waals surface area (Å²) in [5, 5.41) is 19.0. The monoisotopic (exact) mass is 1140 g/mol. The van der Waals surface area contributed by atoms with Crippen LogP contribution in [0, 0.1) is 28.3 Å². The Bertz CT molecular complexity index is 3630. The van der Waals surface area contributed by atoms with Gasteiger partial charge in [-0.05, 0) is 205 Å². The first-order chi connectivity index (χ1) is 38.9. The van der Waals surface area contributed by atoms with E-state index in [0.717, 1.165) is 85.6 Å². The smallest absolute Gasteiger partial charge is 0.311 e. The average molecular weight is 1140 g/mol. The predicted octanol–water partition coefficient (Wildman–Crippen LogP) is 15.4. The summed E-state index contributed by atoms with van der Waals surface area (Å²) in [6.07, 6.45) is 7.77. The Morgan fingerprint density at radius 2 is 0.951 bits per heavy atom. The van der Waals surface area contributed by atoms with E-state index in [4.69, 9.17) is 13.9 Å². The third-order valence-electron chi connectivity index (χ3n) is 14.1. The molecule has 0 saturated carbocycles. The van der Waals surface area contributed by atoms with Crippen molar-refractivity contribution in [1.82, 2.24) is 34.7 Å². The molecule has 432 valence electrons. The molecule has 0 fully saturated rings. The highest BCUT2D eigenvalue weighted by Crippen LogP contribution is 2.41. The zero-order valence-corrected chi connectivity index (χ0v) is 50.5. The number of nitrogens with zero attached hydrogens (tertiary/aromatic N) is 6. The highest BCUT2D eigenvalue weighted by Gasteiger charge is 2.38. The maximum atomic E-state index is 13.2. The topological polar surface area (TPSA) is 144 Å². The molecule has 82 heavy (non-hydrogen) atoms. The molecule has 0 aliphatic heterocycles. The number of carbonyl (C=O) groups is 3. The van der Waals surface area contributed by atoms with Gasteiger partial charge in [0.05, 0.1) is 77.3 Å². The first-order valence-electron chi connectivity index (χ1n) is 27.3. The summed E-state index contributed by atoms with van der Waals surface area (Å²) in [5.74, 6) is -0.150. The molecule has 0 aliphatic rings. The minimum absolute atomic E-state index is 0.0357. The summed E-state index contributed by atoms with van der Waals surface area (Å²) in [7, 11) is 1.58. The quantitative estimate of drug-likeness (QED) is 0.0433. The number of rotatable bonds is 16. The summed E-state index contributed by atoms with van der Waals surface area (Å²) < 4.78 is 60.2. The Labute approximate surface area is 480 Å². The van der Waals surface area contributed by atoms with Crippen molar-refractivity contribution < 1.29 is 41.5 Å². The molecule has 2 unspecified atom stereocenters. The molecule has 2 atom stereocenters. The highest BCUT2D eigenvalue weighted by atomic mass is 28.4. The van der Waals surface area contributed by atoms with Crippen molar-refractivity contribution in [3.63, 3.8) is 0 Å². The maximum absolute atomic E-state index is 13.2. The van der Waals surface area contributed by atoms with Crippen LogP contribution >= 0.6 is 0 Å². The van der Waals surface area contributed by atoms with Gasteiger partial charge in [0.1, 0.15) is 23.7 Å². The lowest BCUT2D eigenvalue weighted by atomic mass is 9.72. The molecule has 0 radical (unpaired) electrons. The normalized spacial score (nSPS) is 12.2. The fourth-order valence-electron chi connectivity index (χ4n) is 9.93. The lowest BCUT2D eigenvalue weighted by molar-refractivity contribution is -0.152. The molecular weight excluding hydrogens is 1060 g/mol. The Balaban J connectivity index is 0.000000184. The molecule has 1 N–H and O–H groups in total. The van der Waals surface area contributed by atoms with Crippen LogP contribution in [0.2, 0.25) is 19.6 Å². The molecule has 17 heteroatoms. The molecule has 3 heterocycles. The van der Waals surface area contributed by atoms with E-state index in [9.17, 15) is 27.6 Å². The molecule has 9 rings (SSSR count). The number of amides is 1. The van der Waals surface area contributed by atoms with Crippen molar-refractivity contribution in [3.05, 3.63) is 192 Å². The van der Waals surface area contributed by atoms with E-state index < -0.39 is 19.1 Å². The predicted molar refractivity (Wildman–Crippen MR) is 323 cm³/mol. The third kappa shape index (κ3) is 15.2. The van der Waals surface area contributed by atoms with Gasteiger partial charge in [-0.15, -0.1) is 0 Å². The molecule has 13 nitrogen and oxygen atoms in total. The van der Waals surface area contributed by atoms with Crippen LogP contribution in [0.1, 0.15) is 108 Å². The van der Waals surface area contributed by atoms with Crippen LogP contribution in [0.5, 0.6) is 0 Å². The van der Waals surface area contributed by atoms with E-state index in [0.29, 0.717) is 18.1 Å². The fourth-order valence-corrected chi connectivity index (χ4v) is 10.8. The van der Waals surface area contributed by atoms with E-state index in [2.05, 4.69) is 72.3 Å². The van der Waals surface area contributed by atoms with Gasteiger partial charge in [0.25, 0.3) is 5.95 Å². The number of hydrogen-bond acceptors (Lipinski definition) is 9. The van der Waals surface area contributed by atoms with E-state index in [1.807, 2.05) is 78.9 Å². The van der Waals surface area contributed by atoms with Gasteiger partial charge in [-0.1, -0.05) is 39.8 Å². The van der Waals surface area contributed by atoms with Gasteiger partial charge in [-0.3, -0.25) is 14.4 Å². The number of ether oxygens (including phenoxy) is 2. The highest BCUT2D eigenvalue weighted by molar-refractivity contribution is 6.70. The summed E-state index contributed by atoms with van der Waals surface area (Å²) in [6.45, 7) is 24.9. The SMILES string of the molecule is CCC(c1ccc2c(cnn2-c2ccc(F)cc2)c1)C(C)(C)C(=O)OC.CCNC(=O)C(C)(C)C(CC)c1ccc2c(cnn2-c2ccc(F)cc2)c1.COC(O[Si](C)(C)C)=C(C)C.O=Cc1ccc2c(cnn2-c2ccc(F)cc2)c1. The number of esters is 1. The second-order valence-electron chi connectivity index (χ2n) is 22.1. The Kier molecular flexibility index (Phi) is 21.0. The minimum Gasteiger partial charge on any atom is -0.520 e. The molecule has 0 saturated heterocycles. The van der Waals surface area contributed by atoms with Crippen LogP contribution in [0.3, 0.4) is 0 Å². The Morgan fingerprint density at radius 1 is 0.573 bits per heavy atom. The van der Waals surface area contributed by atoms with Crippen LogP contribution in [0.4, 0.5) is 13.2 Å². The van der Waals surface area contributed by atoms with E-state index in [1.165, 1.54) is 43.5 Å². The summed E-state index contributed by atoms with van der Waals surface area (Å²) in [6, 6.07) is 36.3. The van der Waals surface area contributed by atoms with Crippen molar-refractivity contribution >= 4 is 59.2 Å². The number of carbonyl (C=O) groups excluding carboxylic acids is 3. The molecule has 1 amide bonds. The lowest BCUT2D eigenvalue weighted by Crippen LogP contribution is -2.40. The molecule has 9 aromatic rings. The second-order valence-corrected chi connectivity index (χ2v) is 26.5. The molecule has 0 bridgehead atoms. The fraction of sp³-hybridized carbons (Fsp3) is 0.323. The number of hydrogen-bond donors (Lipinski definition) is 1. The summed E-state index contributed by atoms with van der Waals surface area (Å²) in [4.78, 5) is 35.5. The number of halogens is 3. The summed E-state index contributed by atoms with van der Waals surface area (Å²) >= 11 is 0. The largest absolute Gasteiger partial charge is 0.520 e. The number of methoxy groups -OCH3 is 2. The zero-order valence-electron chi connectivity index (χ0n) is 49.5. The van der Waals surface area contributed by atoms with E-state index >= 15 is 0 Å². The Hall–Kier alpha value is -8.31. The van der Waals surface area contributed by atoms with Gasteiger partial charge in [0.15, 0.2) is 0 Å². The van der Waals surface area contributed by atoms with E-state index in [1.54, 1.807) is 82.1 Å². The average Bonchev–Trinajstić information content (AvgIpc) is 4.32. The Morgan fingerprint density at radius 3 is 1.27 bits per heavy atom. The standard InChI is InChI=1S/C22H26FN3O.C21H23FN2O2.C14H9FN2O.C8H18O2Si/c1-5-19(22(3,4)21(27)24-6-2)15-7-12-20-16(13-15)14-25-26(20)18-10-8-17(23)9-11-18;1-5-18(21(2,3)20(25)26-4)14-6-11-19-15(12-14)13-23-24(19)17-9-7-16(22)8-10-17;15-12-2-4-13(5-3-12)17-14-6-1-10(9-18)7-11(14)8-16-17;1-7(2)8(9-3)10-11(4,5)6/h7-14,19H,5-6H2,1-4H3,(H,24,27);6-13,18H,5H2,1-4H3;1-9H;1-6H3. The number of allylic oxidation sites excluding steroid dienone is 1. The minimum atomic E-state index is -1.49. The van der Waals surface area contributed by atoms with Crippen LogP contribution in [-0.2, 0) is 23.5 Å². The molecule has 0 spiro atoms. The van der Waals surface area contributed by atoms with Crippen LogP contribution < -0.4 is 5.32 Å². The summed E-state index contributed by atoms with van der Waals surface area (Å²) in [5.41, 5.74) is 7.95.